The number of carbonyl (C=O) groups is 2. The van der Waals surface area contributed by atoms with Gasteiger partial charge in [-0.25, -0.2) is 0 Å². The van der Waals surface area contributed by atoms with Gasteiger partial charge in [-0.1, -0.05) is 19.8 Å². The molecule has 2 aliphatic heterocycles. The molecule has 4 nitrogen and oxygen atoms in total. The minimum absolute atomic E-state index is 0.0613. The van der Waals surface area contributed by atoms with Crippen LogP contribution in [0.2, 0.25) is 0 Å². The van der Waals surface area contributed by atoms with Crippen molar-refractivity contribution in [1.82, 2.24) is 10.2 Å². The molecule has 2 amide bonds. The Labute approximate surface area is 121 Å². The van der Waals surface area contributed by atoms with Crippen LogP contribution in [0.5, 0.6) is 0 Å². The van der Waals surface area contributed by atoms with Gasteiger partial charge in [0, 0.05) is 31.5 Å². The third-order valence-corrected chi connectivity index (χ3v) is 6.00. The number of likely N-dealkylation sites (tertiary alicyclic amines) is 1. The van der Waals surface area contributed by atoms with Gasteiger partial charge < -0.3 is 10.2 Å². The molecule has 3 rings (SSSR count). The van der Waals surface area contributed by atoms with Gasteiger partial charge in [0.15, 0.2) is 0 Å². The van der Waals surface area contributed by atoms with Gasteiger partial charge in [-0.2, -0.15) is 0 Å². The van der Waals surface area contributed by atoms with Gasteiger partial charge in [0.25, 0.3) is 0 Å². The van der Waals surface area contributed by atoms with Crippen LogP contribution < -0.4 is 5.32 Å². The van der Waals surface area contributed by atoms with Crippen molar-refractivity contribution in [3.8, 4) is 0 Å². The lowest BCUT2D eigenvalue weighted by atomic mass is 9.76. The Balaban J connectivity index is 1.63. The molecule has 3 fully saturated rings. The van der Waals surface area contributed by atoms with Crippen molar-refractivity contribution in [3.05, 3.63) is 0 Å². The summed E-state index contributed by atoms with van der Waals surface area (Å²) in [5, 5.41) is 2.96. The van der Waals surface area contributed by atoms with Gasteiger partial charge in [-0.05, 0) is 37.5 Å². The maximum absolute atomic E-state index is 12.9. The highest BCUT2D eigenvalue weighted by molar-refractivity contribution is 5.83. The lowest BCUT2D eigenvalue weighted by molar-refractivity contribution is -0.144. The molecule has 0 aromatic heterocycles. The first-order valence-corrected chi connectivity index (χ1v) is 8.15. The van der Waals surface area contributed by atoms with Gasteiger partial charge >= 0.3 is 0 Å². The van der Waals surface area contributed by atoms with Crippen LogP contribution in [0.3, 0.4) is 0 Å². The first-order valence-electron chi connectivity index (χ1n) is 8.15. The highest BCUT2D eigenvalue weighted by atomic mass is 16.2. The molecule has 0 aromatic carbocycles. The fraction of sp³-hybridized carbons (Fsp3) is 0.875. The second-order valence-electron chi connectivity index (χ2n) is 7.09. The third-order valence-electron chi connectivity index (χ3n) is 6.00. The zero-order chi connectivity index (χ0) is 14.2. The second-order valence-corrected chi connectivity index (χ2v) is 7.09. The Hall–Kier alpha value is -1.06. The van der Waals surface area contributed by atoms with E-state index in [4.69, 9.17) is 0 Å². The third kappa shape index (κ3) is 2.23. The topological polar surface area (TPSA) is 49.4 Å². The molecular weight excluding hydrogens is 252 g/mol. The van der Waals surface area contributed by atoms with E-state index in [1.54, 1.807) is 0 Å². The number of amides is 2. The Morgan fingerprint density at radius 2 is 1.85 bits per heavy atom. The zero-order valence-electron chi connectivity index (χ0n) is 12.5. The standard InChI is InChI=1S/C16H26N2O2/c1-2-16(5-3-4-6-16)14(20)18-9-7-15(8-10-18)11-13(19)17-12-15/h2-12H2,1H3,(H,17,19). The molecular formula is C16H26N2O2. The van der Waals surface area contributed by atoms with Crippen LogP contribution in [0.15, 0.2) is 0 Å². The molecule has 112 valence electrons. The molecule has 3 aliphatic rings. The summed E-state index contributed by atoms with van der Waals surface area (Å²) in [6.45, 7) is 4.66. The van der Waals surface area contributed by atoms with E-state index in [2.05, 4.69) is 17.1 Å². The summed E-state index contributed by atoms with van der Waals surface area (Å²) in [4.78, 5) is 26.4. The van der Waals surface area contributed by atoms with Crippen LogP contribution in [0.25, 0.3) is 0 Å². The Bertz CT molecular complexity index is 405. The summed E-state index contributed by atoms with van der Waals surface area (Å²) in [5.41, 5.74) is 0.0805. The van der Waals surface area contributed by atoms with E-state index in [0.717, 1.165) is 51.7 Å². The molecule has 4 heteroatoms. The molecule has 0 aromatic rings. The predicted octanol–water partition coefficient (Wildman–Crippen LogP) is 2.09. The van der Waals surface area contributed by atoms with Crippen molar-refractivity contribution < 1.29 is 9.59 Å². The van der Waals surface area contributed by atoms with Gasteiger partial charge in [0.2, 0.25) is 11.8 Å². The number of hydrogen-bond acceptors (Lipinski definition) is 2. The number of nitrogens with zero attached hydrogens (tertiary/aromatic N) is 1. The van der Waals surface area contributed by atoms with E-state index < -0.39 is 0 Å². The number of nitrogens with one attached hydrogen (secondary N) is 1. The normalized spacial score (nSPS) is 27.9. The molecule has 0 radical (unpaired) electrons. The summed E-state index contributed by atoms with van der Waals surface area (Å²) < 4.78 is 0. The van der Waals surface area contributed by atoms with Gasteiger partial charge in [-0.3, -0.25) is 9.59 Å². The zero-order valence-corrected chi connectivity index (χ0v) is 12.5. The lowest BCUT2D eigenvalue weighted by Gasteiger charge is -2.41. The number of hydrogen-bond donors (Lipinski definition) is 1. The fourth-order valence-corrected chi connectivity index (χ4v) is 4.40. The smallest absolute Gasteiger partial charge is 0.228 e. The van der Waals surface area contributed by atoms with E-state index >= 15 is 0 Å². The number of piperidine rings is 1. The van der Waals surface area contributed by atoms with Gasteiger partial charge in [-0.15, -0.1) is 0 Å². The molecule has 2 heterocycles. The van der Waals surface area contributed by atoms with Crippen molar-refractivity contribution in [3.63, 3.8) is 0 Å². The van der Waals surface area contributed by atoms with E-state index in [1.807, 2.05) is 0 Å². The van der Waals surface area contributed by atoms with Crippen LogP contribution in [0, 0.1) is 10.8 Å². The van der Waals surface area contributed by atoms with Gasteiger partial charge in [0.1, 0.15) is 0 Å². The van der Waals surface area contributed by atoms with E-state index in [-0.39, 0.29) is 16.7 Å². The molecule has 0 atom stereocenters. The van der Waals surface area contributed by atoms with E-state index in [0.29, 0.717) is 12.3 Å². The number of carbonyl (C=O) groups excluding carboxylic acids is 2. The van der Waals surface area contributed by atoms with Crippen LogP contribution in [-0.2, 0) is 9.59 Å². The largest absolute Gasteiger partial charge is 0.356 e. The SMILES string of the molecule is CCC1(C(=O)N2CCC3(CC2)CNC(=O)C3)CCCC1. The minimum Gasteiger partial charge on any atom is -0.356 e. The Kier molecular flexibility index (Phi) is 3.51. The van der Waals surface area contributed by atoms with Crippen LogP contribution >= 0.6 is 0 Å². The summed E-state index contributed by atoms with van der Waals surface area (Å²) in [6.07, 6.45) is 8.16. The second kappa shape index (κ2) is 5.05. The maximum atomic E-state index is 12.9. The average Bonchev–Trinajstić information content (AvgIpc) is 3.08. The first kappa shape index (κ1) is 13.9. The van der Waals surface area contributed by atoms with Crippen LogP contribution in [0.4, 0.5) is 0 Å². The summed E-state index contributed by atoms with van der Waals surface area (Å²) in [5.74, 6) is 0.579. The molecule has 0 unspecified atom stereocenters. The predicted molar refractivity (Wildman–Crippen MR) is 77.1 cm³/mol. The molecule has 1 saturated carbocycles. The highest BCUT2D eigenvalue weighted by Gasteiger charge is 2.46. The van der Waals surface area contributed by atoms with Gasteiger partial charge in [0.05, 0.1) is 0 Å². The monoisotopic (exact) mass is 278 g/mol. The summed E-state index contributed by atoms with van der Waals surface area (Å²) >= 11 is 0. The first-order chi connectivity index (χ1) is 9.59. The average molecular weight is 278 g/mol. The van der Waals surface area contributed by atoms with Crippen molar-refractivity contribution in [2.24, 2.45) is 10.8 Å². The van der Waals surface area contributed by atoms with Crippen molar-refractivity contribution in [2.75, 3.05) is 19.6 Å². The maximum Gasteiger partial charge on any atom is 0.228 e. The molecule has 1 aliphatic carbocycles. The molecule has 20 heavy (non-hydrogen) atoms. The minimum atomic E-state index is -0.0613. The molecule has 1 N–H and O–H groups in total. The van der Waals surface area contributed by atoms with Crippen molar-refractivity contribution in [1.29, 1.82) is 0 Å². The molecule has 0 bridgehead atoms. The van der Waals surface area contributed by atoms with Crippen LogP contribution in [-0.4, -0.2) is 36.3 Å². The lowest BCUT2D eigenvalue weighted by Crippen LogP contribution is -2.49. The number of rotatable bonds is 2. The van der Waals surface area contributed by atoms with Crippen molar-refractivity contribution >= 4 is 11.8 Å². The molecule has 2 saturated heterocycles. The quantitative estimate of drug-likeness (QED) is 0.841. The van der Waals surface area contributed by atoms with Crippen LogP contribution in [0.1, 0.15) is 58.3 Å². The highest BCUT2D eigenvalue weighted by Crippen LogP contribution is 2.44. The summed E-state index contributed by atoms with van der Waals surface area (Å²) in [6, 6.07) is 0. The Morgan fingerprint density at radius 3 is 2.35 bits per heavy atom. The molecule has 1 spiro atoms. The fourth-order valence-electron chi connectivity index (χ4n) is 4.40. The Morgan fingerprint density at radius 1 is 1.20 bits per heavy atom. The van der Waals surface area contributed by atoms with E-state index in [9.17, 15) is 9.59 Å². The summed E-state index contributed by atoms with van der Waals surface area (Å²) in [7, 11) is 0. The van der Waals surface area contributed by atoms with Crippen molar-refractivity contribution in [2.45, 2.75) is 58.3 Å². The van der Waals surface area contributed by atoms with E-state index in [1.165, 1.54) is 12.8 Å².